The molecule has 0 aliphatic heterocycles. The van der Waals surface area contributed by atoms with Gasteiger partial charge in [-0.25, -0.2) is 9.82 Å². The maximum atomic E-state index is 12.6. The monoisotopic (exact) mass is 278 g/mol. The van der Waals surface area contributed by atoms with Crippen LogP contribution in [-0.2, 0) is 4.79 Å². The SMILES string of the molecule is O=C(COc1ccc(F)cc1)NN=Cc1cccs1. The van der Waals surface area contributed by atoms with Gasteiger partial charge in [-0.3, -0.25) is 4.79 Å². The van der Waals surface area contributed by atoms with Crippen molar-refractivity contribution in [1.82, 2.24) is 5.43 Å². The summed E-state index contributed by atoms with van der Waals surface area (Å²) in [6.07, 6.45) is 1.56. The number of carbonyl (C=O) groups is 1. The van der Waals surface area contributed by atoms with Crippen molar-refractivity contribution in [2.75, 3.05) is 6.61 Å². The Morgan fingerprint density at radius 1 is 1.37 bits per heavy atom. The molecule has 1 aromatic carbocycles. The second-order valence-corrected chi connectivity index (χ2v) is 4.53. The molecule has 19 heavy (non-hydrogen) atoms. The van der Waals surface area contributed by atoms with Crippen LogP contribution in [0.15, 0.2) is 46.9 Å². The molecule has 0 fully saturated rings. The zero-order chi connectivity index (χ0) is 13.5. The molecule has 1 amide bonds. The lowest BCUT2D eigenvalue weighted by molar-refractivity contribution is -0.123. The van der Waals surface area contributed by atoms with Crippen LogP contribution < -0.4 is 10.2 Å². The van der Waals surface area contributed by atoms with Gasteiger partial charge in [0.1, 0.15) is 11.6 Å². The van der Waals surface area contributed by atoms with Gasteiger partial charge in [-0.1, -0.05) is 6.07 Å². The number of nitrogens with zero attached hydrogens (tertiary/aromatic N) is 1. The number of halogens is 1. The predicted octanol–water partition coefficient (Wildman–Crippen LogP) is 2.42. The number of hydrazone groups is 1. The van der Waals surface area contributed by atoms with E-state index >= 15 is 0 Å². The van der Waals surface area contributed by atoms with Gasteiger partial charge in [0.2, 0.25) is 0 Å². The van der Waals surface area contributed by atoms with E-state index in [2.05, 4.69) is 10.5 Å². The minimum Gasteiger partial charge on any atom is -0.484 e. The topological polar surface area (TPSA) is 50.7 Å². The number of benzene rings is 1. The summed E-state index contributed by atoms with van der Waals surface area (Å²) in [4.78, 5) is 12.3. The summed E-state index contributed by atoms with van der Waals surface area (Å²) in [5.41, 5.74) is 2.34. The van der Waals surface area contributed by atoms with Crippen LogP contribution in [0.1, 0.15) is 4.88 Å². The van der Waals surface area contributed by atoms with Gasteiger partial charge in [0, 0.05) is 4.88 Å². The molecule has 1 N–H and O–H groups in total. The van der Waals surface area contributed by atoms with E-state index in [9.17, 15) is 9.18 Å². The van der Waals surface area contributed by atoms with Gasteiger partial charge in [0.05, 0.1) is 6.21 Å². The highest BCUT2D eigenvalue weighted by Crippen LogP contribution is 2.10. The molecule has 2 aromatic rings. The quantitative estimate of drug-likeness (QED) is 0.674. The smallest absolute Gasteiger partial charge is 0.277 e. The Morgan fingerprint density at radius 3 is 2.84 bits per heavy atom. The lowest BCUT2D eigenvalue weighted by atomic mass is 10.3. The fraction of sp³-hybridized carbons (Fsp3) is 0.0769. The van der Waals surface area contributed by atoms with E-state index in [4.69, 9.17) is 4.74 Å². The molecule has 0 radical (unpaired) electrons. The Hall–Kier alpha value is -2.21. The first-order valence-corrected chi connectivity index (χ1v) is 6.36. The lowest BCUT2D eigenvalue weighted by Gasteiger charge is -2.04. The van der Waals surface area contributed by atoms with Gasteiger partial charge in [-0.15, -0.1) is 11.3 Å². The molecule has 0 saturated heterocycles. The molecule has 0 saturated carbocycles. The predicted molar refractivity (Wildman–Crippen MR) is 72.0 cm³/mol. The molecule has 0 aliphatic carbocycles. The average molecular weight is 278 g/mol. The summed E-state index contributed by atoms with van der Waals surface area (Å²) >= 11 is 1.52. The third-order valence-corrected chi connectivity index (χ3v) is 2.91. The van der Waals surface area contributed by atoms with E-state index in [1.807, 2.05) is 17.5 Å². The molecule has 0 bridgehead atoms. The Labute approximate surface area is 113 Å². The number of rotatable bonds is 5. The van der Waals surface area contributed by atoms with Crippen molar-refractivity contribution in [3.05, 3.63) is 52.5 Å². The molecule has 1 aromatic heterocycles. The molecule has 0 atom stereocenters. The highest BCUT2D eigenvalue weighted by atomic mass is 32.1. The van der Waals surface area contributed by atoms with Crippen molar-refractivity contribution < 1.29 is 13.9 Å². The van der Waals surface area contributed by atoms with Crippen LogP contribution >= 0.6 is 11.3 Å². The van der Waals surface area contributed by atoms with E-state index in [0.29, 0.717) is 5.75 Å². The Kier molecular flexibility index (Phi) is 4.63. The van der Waals surface area contributed by atoms with Crippen molar-refractivity contribution in [1.29, 1.82) is 0 Å². The van der Waals surface area contributed by atoms with Crippen molar-refractivity contribution in [2.45, 2.75) is 0 Å². The van der Waals surface area contributed by atoms with Gasteiger partial charge >= 0.3 is 0 Å². The number of amides is 1. The van der Waals surface area contributed by atoms with Gasteiger partial charge in [-0.05, 0) is 35.7 Å². The summed E-state index contributed by atoms with van der Waals surface area (Å²) in [5, 5.41) is 5.70. The van der Waals surface area contributed by atoms with Crippen molar-refractivity contribution >= 4 is 23.5 Å². The highest BCUT2D eigenvalue weighted by molar-refractivity contribution is 7.11. The maximum Gasteiger partial charge on any atom is 0.277 e. The molecule has 0 spiro atoms. The minimum absolute atomic E-state index is 0.173. The third-order valence-electron chi connectivity index (χ3n) is 2.11. The van der Waals surface area contributed by atoms with Crippen LogP contribution in [0.5, 0.6) is 5.75 Å². The van der Waals surface area contributed by atoms with Gasteiger partial charge in [-0.2, -0.15) is 5.10 Å². The number of hydrogen-bond acceptors (Lipinski definition) is 4. The zero-order valence-corrected chi connectivity index (χ0v) is 10.7. The molecular formula is C13H11FN2O2S. The lowest BCUT2D eigenvalue weighted by Crippen LogP contribution is -2.24. The van der Waals surface area contributed by atoms with Crippen LogP contribution in [-0.4, -0.2) is 18.7 Å². The van der Waals surface area contributed by atoms with Gasteiger partial charge < -0.3 is 4.74 Å². The van der Waals surface area contributed by atoms with Gasteiger partial charge in [0.25, 0.3) is 5.91 Å². The largest absolute Gasteiger partial charge is 0.484 e. The summed E-state index contributed by atoms with van der Waals surface area (Å²) in [6, 6.07) is 9.22. The molecule has 6 heteroatoms. The van der Waals surface area contributed by atoms with Crippen molar-refractivity contribution in [3.8, 4) is 5.75 Å². The van der Waals surface area contributed by atoms with Crippen LogP contribution in [0.4, 0.5) is 4.39 Å². The van der Waals surface area contributed by atoms with Crippen LogP contribution in [0.25, 0.3) is 0 Å². The number of ether oxygens (including phenoxy) is 1. The Bertz CT molecular complexity index is 553. The summed E-state index contributed by atoms with van der Waals surface area (Å²) in [6.45, 7) is -0.173. The van der Waals surface area contributed by atoms with Crippen molar-refractivity contribution in [2.24, 2.45) is 5.10 Å². The molecule has 1 heterocycles. The minimum atomic E-state index is -0.378. The first-order chi connectivity index (χ1) is 9.24. The molecular weight excluding hydrogens is 267 g/mol. The second kappa shape index (κ2) is 6.65. The number of carbonyl (C=O) groups excluding carboxylic acids is 1. The fourth-order valence-electron chi connectivity index (χ4n) is 1.24. The third kappa shape index (κ3) is 4.51. The number of hydrogen-bond donors (Lipinski definition) is 1. The van der Waals surface area contributed by atoms with E-state index < -0.39 is 0 Å². The number of nitrogens with one attached hydrogen (secondary N) is 1. The van der Waals surface area contributed by atoms with Crippen LogP contribution in [0.3, 0.4) is 0 Å². The van der Waals surface area contributed by atoms with Gasteiger partial charge in [0.15, 0.2) is 6.61 Å². The molecule has 0 unspecified atom stereocenters. The maximum absolute atomic E-state index is 12.6. The summed E-state index contributed by atoms with van der Waals surface area (Å²) < 4.78 is 17.8. The Balaban J connectivity index is 1.74. The summed E-state index contributed by atoms with van der Waals surface area (Å²) in [7, 11) is 0. The van der Waals surface area contributed by atoms with E-state index in [1.54, 1.807) is 6.21 Å². The molecule has 4 nitrogen and oxygen atoms in total. The zero-order valence-electron chi connectivity index (χ0n) is 9.88. The average Bonchev–Trinajstić information content (AvgIpc) is 2.91. The summed E-state index contributed by atoms with van der Waals surface area (Å²) in [5.74, 6) is -0.298. The molecule has 98 valence electrons. The first kappa shape index (κ1) is 13.2. The van der Waals surface area contributed by atoms with Crippen LogP contribution in [0.2, 0.25) is 0 Å². The van der Waals surface area contributed by atoms with Crippen molar-refractivity contribution in [3.63, 3.8) is 0 Å². The Morgan fingerprint density at radius 2 is 2.16 bits per heavy atom. The van der Waals surface area contributed by atoms with E-state index in [1.165, 1.54) is 35.6 Å². The molecule has 2 rings (SSSR count). The molecule has 0 aliphatic rings. The number of thiophene rings is 1. The first-order valence-electron chi connectivity index (χ1n) is 5.48. The van der Waals surface area contributed by atoms with E-state index in [0.717, 1.165) is 4.88 Å². The standard InChI is InChI=1S/C13H11FN2O2S/c14-10-3-5-11(6-4-10)18-9-13(17)16-15-8-12-2-1-7-19-12/h1-8H,9H2,(H,16,17). The highest BCUT2D eigenvalue weighted by Gasteiger charge is 2.01. The fourth-order valence-corrected chi connectivity index (χ4v) is 1.83. The second-order valence-electron chi connectivity index (χ2n) is 3.55. The van der Waals surface area contributed by atoms with Crippen LogP contribution in [0, 0.1) is 5.82 Å². The van der Waals surface area contributed by atoms with E-state index in [-0.39, 0.29) is 18.3 Å². The normalized spacial score (nSPS) is 10.6.